The Hall–Kier alpha value is -3.27. The van der Waals surface area contributed by atoms with E-state index >= 15 is 0 Å². The summed E-state index contributed by atoms with van der Waals surface area (Å²) in [7, 11) is 0. The largest absolute Gasteiger partial charge is 0.507 e. The van der Waals surface area contributed by atoms with Crippen molar-refractivity contribution in [1.29, 1.82) is 0 Å². The number of nitrogens with one attached hydrogen (secondary N) is 1. The van der Waals surface area contributed by atoms with Crippen LogP contribution >= 0.6 is 0 Å². The van der Waals surface area contributed by atoms with E-state index in [0.29, 0.717) is 11.4 Å². The van der Waals surface area contributed by atoms with Crippen molar-refractivity contribution < 1.29 is 14.6 Å². The quantitative estimate of drug-likeness (QED) is 0.441. The Balaban J connectivity index is 1.52. The van der Waals surface area contributed by atoms with Gasteiger partial charge in [0, 0.05) is 11.6 Å². The van der Waals surface area contributed by atoms with Crippen molar-refractivity contribution in [3.05, 3.63) is 82.9 Å². The van der Waals surface area contributed by atoms with Gasteiger partial charge in [-0.2, -0.15) is 0 Å². The van der Waals surface area contributed by atoms with Crippen LogP contribution in [-0.4, -0.2) is 17.8 Å². The number of anilines is 1. The number of hydrogen-bond donors (Lipinski definition) is 2. The number of rotatable bonds is 5. The average Bonchev–Trinajstić information content (AvgIpc) is 3.07. The van der Waals surface area contributed by atoms with Crippen molar-refractivity contribution in [3.8, 4) is 16.9 Å². The minimum Gasteiger partial charge on any atom is -0.507 e. The van der Waals surface area contributed by atoms with Crippen LogP contribution < -0.4 is 5.32 Å². The van der Waals surface area contributed by atoms with Gasteiger partial charge < -0.3 is 9.84 Å². The third-order valence-corrected chi connectivity index (χ3v) is 6.00. The van der Waals surface area contributed by atoms with Crippen LogP contribution in [0.4, 0.5) is 10.5 Å². The minimum absolute atomic E-state index is 0.0235. The maximum absolute atomic E-state index is 12.6. The fourth-order valence-electron chi connectivity index (χ4n) is 4.38. The second-order valence-electron chi connectivity index (χ2n) is 8.76. The molecule has 2 N–H and O–H groups in total. The van der Waals surface area contributed by atoms with Gasteiger partial charge in [0.25, 0.3) is 0 Å². The van der Waals surface area contributed by atoms with Gasteiger partial charge in [-0.05, 0) is 57.3 Å². The molecule has 0 spiro atoms. The van der Waals surface area contributed by atoms with Crippen LogP contribution in [0.3, 0.4) is 0 Å². The van der Waals surface area contributed by atoms with Crippen LogP contribution in [0.25, 0.3) is 11.1 Å². The average molecular weight is 416 g/mol. The zero-order valence-corrected chi connectivity index (χ0v) is 18.5. The lowest BCUT2D eigenvalue weighted by Gasteiger charge is -2.18. The molecule has 3 aromatic carbocycles. The summed E-state index contributed by atoms with van der Waals surface area (Å²) in [5, 5.41) is 13.4. The fraction of sp³-hybridized carbons (Fsp3) is 0.296. The van der Waals surface area contributed by atoms with E-state index < -0.39 is 6.09 Å². The Morgan fingerprint density at radius 2 is 1.39 bits per heavy atom. The molecule has 1 aliphatic rings. The van der Waals surface area contributed by atoms with Gasteiger partial charge in [-0.15, -0.1) is 0 Å². The predicted molar refractivity (Wildman–Crippen MR) is 125 cm³/mol. The maximum Gasteiger partial charge on any atom is 0.411 e. The van der Waals surface area contributed by atoms with Crippen molar-refractivity contribution in [2.45, 2.75) is 45.4 Å². The van der Waals surface area contributed by atoms with Crippen molar-refractivity contribution in [2.24, 2.45) is 0 Å². The van der Waals surface area contributed by atoms with Gasteiger partial charge in [0.1, 0.15) is 12.4 Å². The lowest BCUT2D eigenvalue weighted by molar-refractivity contribution is 0.158. The third kappa shape index (κ3) is 4.02. The van der Waals surface area contributed by atoms with E-state index in [2.05, 4.69) is 29.6 Å². The summed E-state index contributed by atoms with van der Waals surface area (Å²) in [5.41, 5.74) is 7.06. The number of fused-ring (bicyclic) bond motifs is 3. The Labute approximate surface area is 183 Å². The zero-order valence-electron chi connectivity index (χ0n) is 18.5. The molecule has 1 aliphatic carbocycles. The molecule has 0 fully saturated rings. The number of aromatic hydroxyl groups is 1. The molecule has 0 unspecified atom stereocenters. The summed E-state index contributed by atoms with van der Waals surface area (Å²) in [6.07, 6.45) is -0.489. The van der Waals surface area contributed by atoms with E-state index in [9.17, 15) is 9.90 Å². The highest BCUT2D eigenvalue weighted by Crippen LogP contribution is 2.44. The number of benzene rings is 3. The lowest BCUT2D eigenvalue weighted by atomic mass is 9.93. The van der Waals surface area contributed by atoms with Gasteiger partial charge in [-0.3, -0.25) is 5.32 Å². The molecule has 0 saturated carbocycles. The van der Waals surface area contributed by atoms with Crippen LogP contribution in [0.2, 0.25) is 0 Å². The van der Waals surface area contributed by atoms with Crippen molar-refractivity contribution in [3.63, 3.8) is 0 Å². The molecule has 1 amide bonds. The molecular formula is C27H29NO3. The van der Waals surface area contributed by atoms with Gasteiger partial charge in [0.15, 0.2) is 0 Å². The Bertz CT molecular complexity index is 1040. The number of hydrogen-bond acceptors (Lipinski definition) is 3. The molecule has 0 saturated heterocycles. The molecule has 4 nitrogen and oxygen atoms in total. The molecule has 31 heavy (non-hydrogen) atoms. The molecule has 0 radical (unpaired) electrons. The Kier molecular flexibility index (Phi) is 5.73. The van der Waals surface area contributed by atoms with Gasteiger partial charge >= 0.3 is 6.09 Å². The van der Waals surface area contributed by atoms with Crippen LogP contribution in [0.1, 0.15) is 67.7 Å². The second kappa shape index (κ2) is 8.46. The SMILES string of the molecule is CC(C)c1cc(NC(=O)OCC2c3ccccc3-c3ccccc32)cc(C(C)C)c1O. The van der Waals surface area contributed by atoms with Crippen molar-refractivity contribution in [2.75, 3.05) is 11.9 Å². The van der Waals surface area contributed by atoms with Gasteiger partial charge in [0.2, 0.25) is 0 Å². The van der Waals surface area contributed by atoms with Gasteiger partial charge in [-0.1, -0.05) is 76.2 Å². The number of phenols is 1. The predicted octanol–water partition coefficient (Wildman–Crippen LogP) is 7.00. The van der Waals surface area contributed by atoms with Crippen molar-refractivity contribution in [1.82, 2.24) is 0 Å². The van der Waals surface area contributed by atoms with E-state index in [1.807, 2.05) is 64.1 Å². The molecule has 4 heteroatoms. The molecule has 160 valence electrons. The summed E-state index contributed by atoms with van der Waals surface area (Å²) in [6, 6.07) is 20.2. The molecule has 3 aromatic rings. The first-order chi connectivity index (χ1) is 14.9. The summed E-state index contributed by atoms with van der Waals surface area (Å²) < 4.78 is 5.66. The lowest BCUT2D eigenvalue weighted by Crippen LogP contribution is -2.18. The van der Waals surface area contributed by atoms with E-state index in [0.717, 1.165) is 11.1 Å². The summed E-state index contributed by atoms with van der Waals surface area (Å²) in [4.78, 5) is 12.6. The first kappa shape index (κ1) is 21.0. The zero-order chi connectivity index (χ0) is 22.1. The van der Waals surface area contributed by atoms with E-state index in [4.69, 9.17) is 4.74 Å². The molecule has 0 atom stereocenters. The second-order valence-corrected chi connectivity index (χ2v) is 8.76. The van der Waals surface area contributed by atoms with Crippen molar-refractivity contribution >= 4 is 11.8 Å². The maximum atomic E-state index is 12.6. The third-order valence-electron chi connectivity index (χ3n) is 6.00. The summed E-state index contributed by atoms with van der Waals surface area (Å²) >= 11 is 0. The fourth-order valence-corrected chi connectivity index (χ4v) is 4.38. The molecule has 0 heterocycles. The number of ether oxygens (including phenoxy) is 1. The number of carbonyl (C=O) groups is 1. The Morgan fingerprint density at radius 1 is 0.903 bits per heavy atom. The van der Waals surface area contributed by atoms with Crippen LogP contribution in [0.15, 0.2) is 60.7 Å². The Morgan fingerprint density at radius 3 is 1.87 bits per heavy atom. The highest BCUT2D eigenvalue weighted by molar-refractivity contribution is 5.86. The number of carbonyl (C=O) groups excluding carboxylic acids is 1. The normalized spacial score (nSPS) is 12.7. The van der Waals surface area contributed by atoms with Gasteiger partial charge in [-0.25, -0.2) is 4.79 Å². The molecule has 0 aromatic heterocycles. The summed E-state index contributed by atoms with van der Waals surface area (Å²) in [5.74, 6) is 0.613. The van der Waals surface area contributed by atoms with E-state index in [1.165, 1.54) is 22.3 Å². The monoisotopic (exact) mass is 415 g/mol. The standard InChI is InChI=1S/C27H29NO3/c1-16(2)23-13-18(14-24(17(3)4)26(23)29)28-27(30)31-15-25-21-11-7-5-9-19(21)20-10-6-8-12-22(20)25/h5-14,16-17,25,29H,15H2,1-4H3,(H,28,30). The topological polar surface area (TPSA) is 58.6 Å². The smallest absolute Gasteiger partial charge is 0.411 e. The number of amides is 1. The van der Waals surface area contributed by atoms with E-state index in [1.54, 1.807) is 0 Å². The molecular weight excluding hydrogens is 386 g/mol. The first-order valence-electron chi connectivity index (χ1n) is 10.9. The molecule has 0 bridgehead atoms. The minimum atomic E-state index is -0.489. The van der Waals surface area contributed by atoms with Crippen LogP contribution in [0, 0.1) is 0 Å². The van der Waals surface area contributed by atoms with Crippen LogP contribution in [-0.2, 0) is 4.74 Å². The van der Waals surface area contributed by atoms with Gasteiger partial charge in [0.05, 0.1) is 0 Å². The van der Waals surface area contributed by atoms with Crippen LogP contribution in [0.5, 0.6) is 5.75 Å². The number of phenolic OH excluding ortho intramolecular Hbond substituents is 1. The first-order valence-corrected chi connectivity index (χ1v) is 10.9. The molecule has 4 rings (SSSR count). The molecule has 0 aliphatic heterocycles. The highest BCUT2D eigenvalue weighted by Gasteiger charge is 2.29. The van der Waals surface area contributed by atoms with E-state index in [-0.39, 0.29) is 24.4 Å². The summed E-state index contributed by atoms with van der Waals surface area (Å²) in [6.45, 7) is 8.37. The highest BCUT2D eigenvalue weighted by atomic mass is 16.5.